The fraction of sp³-hybridized carbons (Fsp3) is 0.706. The van der Waals surface area contributed by atoms with Gasteiger partial charge in [-0.1, -0.05) is 12.1 Å². The van der Waals surface area contributed by atoms with Crippen LogP contribution in [0, 0.1) is 22.0 Å². The molecule has 160 valence electrons. The Hall–Kier alpha value is -2.18. The third-order valence-corrected chi connectivity index (χ3v) is 7.11. The van der Waals surface area contributed by atoms with Gasteiger partial charge in [0.25, 0.3) is 0 Å². The quantitative estimate of drug-likeness (QED) is 0.208. The van der Waals surface area contributed by atoms with Gasteiger partial charge in [0.1, 0.15) is 18.5 Å². The topological polar surface area (TPSA) is 155 Å². The molecule has 0 aromatic carbocycles. The van der Waals surface area contributed by atoms with Crippen LogP contribution in [0.5, 0.6) is 0 Å². The number of oxime groups is 1. The minimum absolute atomic E-state index is 0.0195. The van der Waals surface area contributed by atoms with E-state index >= 15 is 0 Å². The Morgan fingerprint density at radius 3 is 2.79 bits per heavy atom. The van der Waals surface area contributed by atoms with Crippen LogP contribution in [0.2, 0.25) is 0 Å². The van der Waals surface area contributed by atoms with E-state index in [1.165, 1.54) is 30.7 Å². The second-order valence-corrected chi connectivity index (χ2v) is 8.81. The van der Waals surface area contributed by atoms with Crippen LogP contribution in [0.15, 0.2) is 15.8 Å². The number of carboxylic acid groups (broad SMARTS) is 1. The molecule has 6 atom stereocenters. The number of hydrogen-bond acceptors (Lipinski definition) is 9. The summed E-state index contributed by atoms with van der Waals surface area (Å²) in [5, 5.41) is 37.4. The first-order valence-electron chi connectivity index (χ1n) is 9.27. The molecular formula is C17H24N4O7S. The van der Waals surface area contributed by atoms with E-state index in [0.717, 1.165) is 0 Å². The number of aliphatic hydroxyl groups excluding tert-OH is 1. The van der Waals surface area contributed by atoms with Crippen molar-refractivity contribution in [3.63, 3.8) is 0 Å². The van der Waals surface area contributed by atoms with E-state index in [1.54, 1.807) is 0 Å². The minimum Gasteiger partial charge on any atom is -0.477 e. The number of aliphatic hydroxyl groups is 1. The molecule has 29 heavy (non-hydrogen) atoms. The molecule has 1 amide bonds. The van der Waals surface area contributed by atoms with Gasteiger partial charge in [-0.05, 0) is 13.3 Å². The average Bonchev–Trinajstić information content (AvgIpc) is 3.17. The summed E-state index contributed by atoms with van der Waals surface area (Å²) in [4.78, 5) is 41.3. The van der Waals surface area contributed by atoms with Gasteiger partial charge in [-0.15, -0.1) is 11.8 Å². The minimum atomic E-state index is -1.17. The molecule has 0 spiro atoms. The molecule has 0 unspecified atom stereocenters. The summed E-state index contributed by atoms with van der Waals surface area (Å²) >= 11 is 1.38. The number of carboxylic acids is 1. The van der Waals surface area contributed by atoms with Gasteiger partial charge < -0.3 is 25.3 Å². The lowest BCUT2D eigenvalue weighted by atomic mass is 9.79. The molecule has 12 heteroatoms. The van der Waals surface area contributed by atoms with Crippen LogP contribution in [-0.2, 0) is 14.4 Å². The first-order valence-corrected chi connectivity index (χ1v) is 10.2. The zero-order valence-corrected chi connectivity index (χ0v) is 17.1. The van der Waals surface area contributed by atoms with Crippen molar-refractivity contribution in [1.82, 2.24) is 10.2 Å². The molecule has 2 fully saturated rings. The molecule has 0 aliphatic carbocycles. The molecular weight excluding hydrogens is 404 g/mol. The van der Waals surface area contributed by atoms with Crippen molar-refractivity contribution in [3.8, 4) is 0 Å². The van der Waals surface area contributed by atoms with Gasteiger partial charge in [0.2, 0.25) is 12.5 Å². The largest absolute Gasteiger partial charge is 0.477 e. The summed E-state index contributed by atoms with van der Waals surface area (Å²) in [5.74, 6) is -2.36. The van der Waals surface area contributed by atoms with Crippen molar-refractivity contribution >= 4 is 29.4 Å². The van der Waals surface area contributed by atoms with E-state index in [9.17, 15) is 29.9 Å². The van der Waals surface area contributed by atoms with E-state index in [1.807, 2.05) is 6.92 Å². The molecule has 11 nitrogen and oxygen atoms in total. The van der Waals surface area contributed by atoms with E-state index in [4.69, 9.17) is 4.84 Å². The Labute approximate surface area is 171 Å². The lowest BCUT2D eigenvalue weighted by Crippen LogP contribution is -2.63. The second kappa shape index (κ2) is 8.28. The number of hydrogen-bond donors (Lipinski definition) is 3. The monoisotopic (exact) mass is 428 g/mol. The standard InChI is InChI=1S/C17H24N4O7S/c1-7-13-12(8(2)22)16(23)21(13)14(17(24)25)15(7)29-9-4-10(18-5-9)11(19-28-3)6-20(26)27/h7-10,12-13,18,22H,4-6H2,1-3H3,(H,24,25)/b19-11+/t7-,8-,9+,10+,12-,13-/m1/s1. The number of nitro groups is 1. The third kappa shape index (κ3) is 3.83. The van der Waals surface area contributed by atoms with Crippen LogP contribution < -0.4 is 5.32 Å². The predicted octanol–water partition coefficient (Wildman–Crippen LogP) is -0.117. The Bertz CT molecular complexity index is 784. The molecule has 0 aromatic heterocycles. The Morgan fingerprint density at radius 1 is 1.55 bits per heavy atom. The van der Waals surface area contributed by atoms with Gasteiger partial charge in [-0.25, -0.2) is 4.79 Å². The number of thioether (sulfide) groups is 1. The molecule has 3 aliphatic rings. The number of nitrogens with zero attached hydrogens (tertiary/aromatic N) is 3. The number of amides is 1. The lowest BCUT2D eigenvalue weighted by Gasteiger charge is -2.46. The highest BCUT2D eigenvalue weighted by Gasteiger charge is 2.60. The maximum absolute atomic E-state index is 12.4. The van der Waals surface area contributed by atoms with E-state index < -0.39 is 29.5 Å². The number of β-lactam (4-membered cyclic amide) rings is 1. The molecule has 0 radical (unpaired) electrons. The first kappa shape index (κ1) is 21.5. The zero-order valence-electron chi connectivity index (χ0n) is 16.3. The highest BCUT2D eigenvalue weighted by Crippen LogP contribution is 2.51. The summed E-state index contributed by atoms with van der Waals surface area (Å²) in [6.07, 6.45) is -0.333. The molecule has 2 saturated heterocycles. The van der Waals surface area contributed by atoms with Crippen LogP contribution in [0.1, 0.15) is 20.3 Å². The van der Waals surface area contributed by atoms with Crippen molar-refractivity contribution in [2.45, 2.75) is 43.7 Å². The number of aliphatic carboxylic acids is 1. The van der Waals surface area contributed by atoms with Gasteiger partial charge in [0.05, 0.1) is 24.1 Å². The van der Waals surface area contributed by atoms with Crippen molar-refractivity contribution in [2.24, 2.45) is 17.0 Å². The summed E-state index contributed by atoms with van der Waals surface area (Å²) in [5.41, 5.74) is 0.259. The Morgan fingerprint density at radius 2 is 2.24 bits per heavy atom. The number of rotatable bonds is 8. The van der Waals surface area contributed by atoms with Gasteiger partial charge in [0, 0.05) is 27.5 Å². The normalized spacial score (nSPS) is 32.8. The Kier molecular flexibility index (Phi) is 6.15. The molecule has 0 bridgehead atoms. The number of fused-ring (bicyclic) bond motifs is 1. The molecule has 3 aliphatic heterocycles. The maximum atomic E-state index is 12.4. The van der Waals surface area contributed by atoms with Crippen molar-refractivity contribution < 1.29 is 29.6 Å². The second-order valence-electron chi connectivity index (χ2n) is 7.46. The summed E-state index contributed by atoms with van der Waals surface area (Å²) in [7, 11) is 1.32. The zero-order chi connectivity index (χ0) is 21.5. The van der Waals surface area contributed by atoms with Crippen LogP contribution >= 0.6 is 11.8 Å². The van der Waals surface area contributed by atoms with Gasteiger partial charge in [-0.2, -0.15) is 0 Å². The van der Waals surface area contributed by atoms with Crippen LogP contribution in [-0.4, -0.2) is 81.3 Å². The predicted molar refractivity (Wildman–Crippen MR) is 104 cm³/mol. The lowest BCUT2D eigenvalue weighted by molar-refractivity contribution is -0.463. The number of carbonyl (C=O) groups is 2. The van der Waals surface area contributed by atoms with Crippen LogP contribution in [0.3, 0.4) is 0 Å². The molecule has 0 aromatic rings. The van der Waals surface area contributed by atoms with Gasteiger partial charge in [0.15, 0.2) is 0 Å². The average molecular weight is 428 g/mol. The number of nitrogens with one attached hydrogen (secondary N) is 1. The van der Waals surface area contributed by atoms with Crippen molar-refractivity contribution in [3.05, 3.63) is 20.7 Å². The molecule has 3 rings (SSSR count). The third-order valence-electron chi connectivity index (χ3n) is 5.60. The Balaban J connectivity index is 1.76. The SMILES string of the molecule is CO/N=C(\C[N+](=O)[O-])[C@@H]1C[C@H](SC2=C(C(=O)O)N3C(=O)[C@H]([C@@H](C)O)[C@H]3[C@H]2C)CN1. The fourth-order valence-electron chi connectivity index (χ4n) is 4.36. The molecule has 3 heterocycles. The summed E-state index contributed by atoms with van der Waals surface area (Å²) < 4.78 is 0. The summed E-state index contributed by atoms with van der Waals surface area (Å²) in [6.45, 7) is 3.47. The highest BCUT2D eigenvalue weighted by atomic mass is 32.2. The van der Waals surface area contributed by atoms with E-state index in [2.05, 4.69) is 10.5 Å². The summed E-state index contributed by atoms with van der Waals surface area (Å²) in [6, 6.07) is -0.700. The smallest absolute Gasteiger partial charge is 0.353 e. The van der Waals surface area contributed by atoms with Crippen LogP contribution in [0.4, 0.5) is 0 Å². The molecule has 0 saturated carbocycles. The fourth-order valence-corrected chi connectivity index (χ4v) is 5.84. The van der Waals surface area contributed by atoms with Gasteiger partial charge in [-0.3, -0.25) is 14.9 Å². The molecule has 3 N–H and O–H groups in total. The highest BCUT2D eigenvalue weighted by molar-refractivity contribution is 8.03. The number of carbonyl (C=O) groups excluding carboxylic acids is 1. The van der Waals surface area contributed by atoms with Crippen LogP contribution in [0.25, 0.3) is 0 Å². The van der Waals surface area contributed by atoms with E-state index in [0.29, 0.717) is 17.9 Å². The van der Waals surface area contributed by atoms with Gasteiger partial charge >= 0.3 is 5.97 Å². The van der Waals surface area contributed by atoms with E-state index in [-0.39, 0.29) is 40.6 Å². The first-order chi connectivity index (χ1) is 13.7. The van der Waals surface area contributed by atoms with Crippen molar-refractivity contribution in [2.75, 3.05) is 20.2 Å². The maximum Gasteiger partial charge on any atom is 0.353 e. The van der Waals surface area contributed by atoms with Crippen molar-refractivity contribution in [1.29, 1.82) is 0 Å².